The molecule has 0 saturated carbocycles. The lowest BCUT2D eigenvalue weighted by Crippen LogP contribution is -2.43. The molecule has 108 valence electrons. The summed E-state index contributed by atoms with van der Waals surface area (Å²) in [4.78, 5) is 15.2. The van der Waals surface area contributed by atoms with E-state index in [1.165, 1.54) is 0 Å². The van der Waals surface area contributed by atoms with Gasteiger partial charge in [0.15, 0.2) is 0 Å². The maximum absolute atomic E-state index is 12.7. The summed E-state index contributed by atoms with van der Waals surface area (Å²) in [5, 5.41) is 0. The van der Waals surface area contributed by atoms with Crippen LogP contribution >= 0.6 is 12.2 Å². The minimum atomic E-state index is -0.0300. The first-order valence-electron chi connectivity index (χ1n) is 7.26. The third-order valence-corrected chi connectivity index (χ3v) is 4.45. The molecule has 1 aromatic carbocycles. The zero-order valence-corrected chi connectivity index (χ0v) is 12.7. The Balaban J connectivity index is 2.02. The summed E-state index contributed by atoms with van der Waals surface area (Å²) in [6.07, 6.45) is 2.62. The van der Waals surface area contributed by atoms with Gasteiger partial charge in [-0.1, -0.05) is 49.5 Å². The van der Waals surface area contributed by atoms with Gasteiger partial charge in [-0.3, -0.25) is 4.79 Å². The molecular formula is C16H22N2OS. The summed E-state index contributed by atoms with van der Waals surface area (Å²) >= 11 is 5.05. The summed E-state index contributed by atoms with van der Waals surface area (Å²) in [7, 11) is 0. The lowest BCUT2D eigenvalue weighted by molar-refractivity contribution is -0.134. The van der Waals surface area contributed by atoms with Gasteiger partial charge in [-0.25, -0.2) is 0 Å². The second-order valence-electron chi connectivity index (χ2n) is 5.37. The second-order valence-corrected chi connectivity index (χ2v) is 5.84. The van der Waals surface area contributed by atoms with Crippen molar-refractivity contribution in [3.8, 4) is 0 Å². The van der Waals surface area contributed by atoms with Crippen LogP contribution in [0.2, 0.25) is 0 Å². The van der Waals surface area contributed by atoms with E-state index in [-0.39, 0.29) is 11.8 Å². The van der Waals surface area contributed by atoms with Gasteiger partial charge in [-0.15, -0.1) is 0 Å². The topological polar surface area (TPSA) is 46.3 Å². The Bertz CT molecular complexity index is 467. The van der Waals surface area contributed by atoms with Crippen molar-refractivity contribution in [3.63, 3.8) is 0 Å². The maximum Gasteiger partial charge on any atom is 0.230 e. The van der Waals surface area contributed by atoms with E-state index in [0.717, 1.165) is 37.9 Å². The summed E-state index contributed by atoms with van der Waals surface area (Å²) in [5.74, 6) is 0.503. The highest BCUT2D eigenvalue weighted by atomic mass is 32.1. The van der Waals surface area contributed by atoms with E-state index in [0.29, 0.717) is 10.9 Å². The van der Waals surface area contributed by atoms with Gasteiger partial charge in [0.05, 0.1) is 10.9 Å². The molecule has 0 bridgehead atoms. The first-order valence-corrected chi connectivity index (χ1v) is 7.67. The van der Waals surface area contributed by atoms with E-state index in [4.69, 9.17) is 18.0 Å². The third kappa shape index (κ3) is 3.37. The maximum atomic E-state index is 12.7. The number of hydrogen-bond donors (Lipinski definition) is 1. The van der Waals surface area contributed by atoms with Gasteiger partial charge in [-0.2, -0.15) is 0 Å². The van der Waals surface area contributed by atoms with E-state index >= 15 is 0 Å². The molecular weight excluding hydrogens is 268 g/mol. The van der Waals surface area contributed by atoms with E-state index in [1.54, 1.807) is 0 Å². The number of likely N-dealkylation sites (tertiary alicyclic amines) is 1. The Morgan fingerprint density at radius 1 is 1.35 bits per heavy atom. The monoisotopic (exact) mass is 290 g/mol. The summed E-state index contributed by atoms with van der Waals surface area (Å²) < 4.78 is 0. The molecule has 1 saturated heterocycles. The first kappa shape index (κ1) is 15.0. The molecule has 2 rings (SSSR count). The highest BCUT2D eigenvalue weighted by Crippen LogP contribution is 2.25. The molecule has 0 spiro atoms. The fourth-order valence-electron chi connectivity index (χ4n) is 2.84. The number of piperidine rings is 1. The highest BCUT2D eigenvalue weighted by molar-refractivity contribution is 7.80. The van der Waals surface area contributed by atoms with Gasteiger partial charge >= 0.3 is 0 Å². The third-order valence-electron chi connectivity index (χ3n) is 4.12. The lowest BCUT2D eigenvalue weighted by Gasteiger charge is -2.33. The van der Waals surface area contributed by atoms with Crippen molar-refractivity contribution >= 4 is 23.1 Å². The van der Waals surface area contributed by atoms with Crippen LogP contribution in [0.3, 0.4) is 0 Å². The zero-order valence-electron chi connectivity index (χ0n) is 11.9. The Labute approximate surface area is 126 Å². The Morgan fingerprint density at radius 3 is 2.45 bits per heavy atom. The molecule has 1 aliphatic rings. The van der Waals surface area contributed by atoms with Crippen molar-refractivity contribution in [3.05, 3.63) is 35.9 Å². The van der Waals surface area contributed by atoms with Gasteiger partial charge in [0, 0.05) is 19.0 Å². The number of amides is 1. The molecule has 0 aromatic heterocycles. The van der Waals surface area contributed by atoms with E-state index < -0.39 is 0 Å². The summed E-state index contributed by atoms with van der Waals surface area (Å²) in [5.41, 5.74) is 6.80. The molecule has 0 aliphatic carbocycles. The van der Waals surface area contributed by atoms with Crippen LogP contribution in [0, 0.1) is 5.92 Å². The standard InChI is InChI=1S/C16H22N2OS/c1-2-14(12-6-4-3-5-7-12)16(19)18-10-8-13(9-11-18)15(17)20/h3-7,13-14H,2,8-11H2,1H3,(H2,17,20). The van der Waals surface area contributed by atoms with Crippen molar-refractivity contribution in [2.24, 2.45) is 11.7 Å². The molecule has 1 amide bonds. The molecule has 0 radical (unpaired) electrons. The van der Waals surface area contributed by atoms with E-state index in [9.17, 15) is 4.79 Å². The quantitative estimate of drug-likeness (QED) is 0.867. The van der Waals surface area contributed by atoms with Crippen LogP contribution in [0.1, 0.15) is 37.7 Å². The van der Waals surface area contributed by atoms with Gasteiger partial charge < -0.3 is 10.6 Å². The molecule has 1 heterocycles. The van der Waals surface area contributed by atoms with Crippen molar-refractivity contribution in [2.45, 2.75) is 32.1 Å². The van der Waals surface area contributed by atoms with Crippen LogP contribution in [0.15, 0.2) is 30.3 Å². The van der Waals surface area contributed by atoms with Crippen LogP contribution in [0.4, 0.5) is 0 Å². The minimum absolute atomic E-state index is 0.0300. The number of hydrogen-bond acceptors (Lipinski definition) is 2. The van der Waals surface area contributed by atoms with Crippen molar-refractivity contribution in [2.75, 3.05) is 13.1 Å². The summed E-state index contributed by atoms with van der Waals surface area (Å²) in [6, 6.07) is 10.0. The first-order chi connectivity index (χ1) is 9.63. The molecule has 3 nitrogen and oxygen atoms in total. The van der Waals surface area contributed by atoms with Crippen LogP contribution in [0.25, 0.3) is 0 Å². The summed E-state index contributed by atoms with van der Waals surface area (Å²) in [6.45, 7) is 3.60. The number of carbonyl (C=O) groups is 1. The number of nitrogens with zero attached hydrogens (tertiary/aromatic N) is 1. The van der Waals surface area contributed by atoms with Crippen molar-refractivity contribution in [1.29, 1.82) is 0 Å². The van der Waals surface area contributed by atoms with Gasteiger partial charge in [0.2, 0.25) is 5.91 Å². The van der Waals surface area contributed by atoms with Crippen LogP contribution in [-0.4, -0.2) is 28.9 Å². The molecule has 1 aliphatic heterocycles. The molecule has 2 N–H and O–H groups in total. The van der Waals surface area contributed by atoms with Crippen LogP contribution < -0.4 is 5.73 Å². The number of rotatable bonds is 4. The highest BCUT2D eigenvalue weighted by Gasteiger charge is 2.28. The predicted molar refractivity (Wildman–Crippen MR) is 85.6 cm³/mol. The predicted octanol–water partition coefficient (Wildman–Crippen LogP) is 2.70. The van der Waals surface area contributed by atoms with Gasteiger partial charge in [0.25, 0.3) is 0 Å². The van der Waals surface area contributed by atoms with Crippen molar-refractivity contribution in [1.82, 2.24) is 4.90 Å². The largest absolute Gasteiger partial charge is 0.393 e. The number of thiocarbonyl (C=S) groups is 1. The average molecular weight is 290 g/mol. The van der Waals surface area contributed by atoms with Gasteiger partial charge in [-0.05, 0) is 24.8 Å². The zero-order chi connectivity index (χ0) is 14.5. The van der Waals surface area contributed by atoms with Crippen LogP contribution in [0.5, 0.6) is 0 Å². The Morgan fingerprint density at radius 2 is 1.95 bits per heavy atom. The average Bonchev–Trinajstić information content (AvgIpc) is 2.49. The number of carbonyl (C=O) groups excluding carboxylic acids is 1. The molecule has 1 atom stereocenters. The minimum Gasteiger partial charge on any atom is -0.393 e. The fourth-order valence-corrected chi connectivity index (χ4v) is 3.08. The van der Waals surface area contributed by atoms with E-state index in [2.05, 4.69) is 6.92 Å². The molecule has 4 heteroatoms. The van der Waals surface area contributed by atoms with Crippen LogP contribution in [-0.2, 0) is 4.79 Å². The SMILES string of the molecule is CCC(C(=O)N1CCC(C(N)=S)CC1)c1ccccc1. The molecule has 1 unspecified atom stereocenters. The number of nitrogens with two attached hydrogens (primary N) is 1. The second kappa shape index (κ2) is 6.84. The number of benzene rings is 1. The smallest absolute Gasteiger partial charge is 0.230 e. The molecule has 20 heavy (non-hydrogen) atoms. The van der Waals surface area contributed by atoms with Crippen molar-refractivity contribution < 1.29 is 4.79 Å². The Hall–Kier alpha value is -1.42. The Kier molecular flexibility index (Phi) is 5.12. The molecule has 1 aromatic rings. The normalized spacial score (nSPS) is 17.8. The fraction of sp³-hybridized carbons (Fsp3) is 0.500. The molecule has 1 fully saturated rings. The van der Waals surface area contributed by atoms with E-state index in [1.807, 2.05) is 35.2 Å². The lowest BCUT2D eigenvalue weighted by atomic mass is 9.92. The van der Waals surface area contributed by atoms with Gasteiger partial charge in [0.1, 0.15) is 0 Å².